The number of carbonyl (C=O) groups is 3. The highest BCUT2D eigenvalue weighted by Crippen LogP contribution is 2.32. The number of hydrogen-bond acceptors (Lipinski definition) is 9. The molecule has 5 heterocycles. The molecule has 3 amide bonds. The molecule has 2 aliphatic heterocycles. The molecule has 0 atom stereocenters. The fourth-order valence-electron chi connectivity index (χ4n) is 7.54. The normalized spacial score (nSPS) is 15.1. The molecule has 3 N–H and O–H groups in total. The van der Waals surface area contributed by atoms with E-state index in [-0.39, 0.29) is 36.4 Å². The number of rotatable bonds is 13. The number of carbonyl (C=O) groups excluding carboxylic acids is 3. The van der Waals surface area contributed by atoms with E-state index in [1.807, 2.05) is 53.0 Å². The Morgan fingerprint density at radius 3 is 2.28 bits per heavy atom. The summed E-state index contributed by atoms with van der Waals surface area (Å²) in [7, 11) is 0. The average Bonchev–Trinajstić information content (AvgIpc) is 3.66. The van der Waals surface area contributed by atoms with Gasteiger partial charge in [0.2, 0.25) is 5.91 Å². The van der Waals surface area contributed by atoms with Gasteiger partial charge in [-0.05, 0) is 73.2 Å². The molecule has 2 fully saturated rings. The van der Waals surface area contributed by atoms with Crippen molar-refractivity contribution < 1.29 is 19.1 Å². The second-order valence-corrected chi connectivity index (χ2v) is 15.0. The van der Waals surface area contributed by atoms with Crippen LogP contribution in [0.25, 0.3) is 22.2 Å². The summed E-state index contributed by atoms with van der Waals surface area (Å²) in [4.78, 5) is 52.3. The first-order valence-electron chi connectivity index (χ1n) is 19.8. The van der Waals surface area contributed by atoms with E-state index in [2.05, 4.69) is 50.0 Å². The lowest BCUT2D eigenvalue weighted by Gasteiger charge is -2.34. The number of aryl methyl sites for hydroxylation is 2. The minimum absolute atomic E-state index is 0.119. The van der Waals surface area contributed by atoms with Gasteiger partial charge in [-0.1, -0.05) is 48.9 Å². The van der Waals surface area contributed by atoms with Crippen LogP contribution in [0, 0.1) is 0 Å². The molecule has 13 nitrogen and oxygen atoms in total. The molecule has 0 unspecified atom stereocenters. The van der Waals surface area contributed by atoms with Gasteiger partial charge < -0.3 is 25.6 Å². The Morgan fingerprint density at radius 2 is 1.58 bits per heavy atom. The van der Waals surface area contributed by atoms with Crippen molar-refractivity contribution in [2.24, 2.45) is 0 Å². The minimum Gasteiger partial charge on any atom is -0.381 e. The Labute approximate surface area is 338 Å². The zero-order valence-electron chi connectivity index (χ0n) is 32.8. The summed E-state index contributed by atoms with van der Waals surface area (Å²) >= 11 is 6.69. The maximum atomic E-state index is 13.6. The molecule has 7 rings (SSSR count). The second-order valence-electron chi connectivity index (χ2n) is 14.6. The lowest BCUT2D eigenvalue weighted by Crippen LogP contribution is -2.47. The summed E-state index contributed by atoms with van der Waals surface area (Å²) in [5.74, 6) is -0.670. The Morgan fingerprint density at radius 1 is 0.860 bits per heavy atom. The highest BCUT2D eigenvalue weighted by molar-refractivity contribution is 6.33. The van der Waals surface area contributed by atoms with Crippen LogP contribution in [-0.4, -0.2) is 92.7 Å². The van der Waals surface area contributed by atoms with Gasteiger partial charge in [-0.15, -0.1) is 0 Å². The van der Waals surface area contributed by atoms with Crippen molar-refractivity contribution in [3.05, 3.63) is 106 Å². The standard InChI is InChI=1S/C43H50ClN9O4/c1-4-37-34(40(48-32-14-20-57-21-15-32)35-26-47-53(5-2)41(35)50-37)25-46-43(56)39-11-7-10-38(49-39)42(55)45-24-29-12-13-36(44)33(23-29)31-9-6-8-30(22-31)27-51-16-18-52(19-17-51)28(3)54/h6-13,22-23,26,32H,4-5,14-21,24-25,27H2,1-3H3,(H,45,55)(H,46,56)(H,48,50). The maximum Gasteiger partial charge on any atom is 0.270 e. The molecule has 3 aromatic heterocycles. The highest BCUT2D eigenvalue weighted by Gasteiger charge is 2.23. The SMILES string of the molecule is CCc1nc2c(cnn2CC)c(NC2CCOCC2)c1CNC(=O)c1cccc(C(=O)NCc2ccc(Cl)c(-c3cccc(CN4CCN(C(C)=O)CC4)c3)c2)n1. The van der Waals surface area contributed by atoms with Crippen molar-refractivity contribution in [2.75, 3.05) is 44.7 Å². The summed E-state index contributed by atoms with van der Waals surface area (Å²) in [5.41, 5.74) is 7.71. The summed E-state index contributed by atoms with van der Waals surface area (Å²) in [6, 6.07) is 19.1. The largest absolute Gasteiger partial charge is 0.381 e. The highest BCUT2D eigenvalue weighted by atomic mass is 35.5. The fraction of sp³-hybridized carbons (Fsp3) is 0.395. The Kier molecular flexibility index (Phi) is 12.8. The van der Waals surface area contributed by atoms with E-state index in [0.29, 0.717) is 31.2 Å². The third kappa shape index (κ3) is 9.44. The number of halogens is 1. The van der Waals surface area contributed by atoms with Crippen molar-refractivity contribution in [3.63, 3.8) is 0 Å². The molecular weight excluding hydrogens is 742 g/mol. The summed E-state index contributed by atoms with van der Waals surface area (Å²) < 4.78 is 7.48. The van der Waals surface area contributed by atoms with E-state index in [4.69, 9.17) is 21.3 Å². The molecule has 0 aliphatic carbocycles. The van der Waals surface area contributed by atoms with E-state index in [1.54, 1.807) is 25.1 Å². The third-order valence-corrected chi connectivity index (χ3v) is 11.1. The van der Waals surface area contributed by atoms with Crippen LogP contribution in [0.4, 0.5) is 5.69 Å². The van der Waals surface area contributed by atoms with Crippen molar-refractivity contribution in [2.45, 2.75) is 72.3 Å². The lowest BCUT2D eigenvalue weighted by atomic mass is 10.0. The van der Waals surface area contributed by atoms with E-state index in [9.17, 15) is 14.4 Å². The van der Waals surface area contributed by atoms with Crippen LogP contribution < -0.4 is 16.0 Å². The molecule has 0 saturated carbocycles. The van der Waals surface area contributed by atoms with Gasteiger partial charge in [0.05, 0.1) is 17.3 Å². The number of nitrogens with zero attached hydrogens (tertiary/aromatic N) is 6. The van der Waals surface area contributed by atoms with Crippen molar-refractivity contribution in [1.82, 2.24) is 40.2 Å². The van der Waals surface area contributed by atoms with Gasteiger partial charge in [-0.3, -0.25) is 19.3 Å². The first-order valence-corrected chi connectivity index (χ1v) is 20.2. The van der Waals surface area contributed by atoms with Crippen LogP contribution in [0.15, 0.2) is 66.9 Å². The van der Waals surface area contributed by atoms with E-state index in [1.165, 1.54) is 0 Å². The number of anilines is 1. The van der Waals surface area contributed by atoms with Gasteiger partial charge in [0.25, 0.3) is 11.8 Å². The number of nitrogens with one attached hydrogen (secondary N) is 3. The van der Waals surface area contributed by atoms with Gasteiger partial charge in [-0.2, -0.15) is 5.10 Å². The van der Waals surface area contributed by atoms with Crippen molar-refractivity contribution in [1.29, 1.82) is 0 Å². The van der Waals surface area contributed by atoms with E-state index >= 15 is 0 Å². The molecule has 2 aromatic carbocycles. The smallest absolute Gasteiger partial charge is 0.270 e. The van der Waals surface area contributed by atoms with Gasteiger partial charge in [0, 0.05) is 100 Å². The second kappa shape index (κ2) is 18.3. The number of amides is 3. The zero-order valence-corrected chi connectivity index (χ0v) is 33.6. The predicted molar refractivity (Wildman–Crippen MR) is 221 cm³/mol. The molecule has 5 aromatic rings. The Bertz CT molecular complexity index is 2250. The third-order valence-electron chi connectivity index (χ3n) is 10.8. The average molecular weight is 792 g/mol. The molecule has 2 aliphatic rings. The first kappa shape index (κ1) is 39.8. The predicted octanol–water partition coefficient (Wildman–Crippen LogP) is 5.84. The molecule has 2 saturated heterocycles. The number of hydrogen-bond donors (Lipinski definition) is 3. The van der Waals surface area contributed by atoms with Crippen LogP contribution in [0.1, 0.15) is 77.0 Å². The quantitative estimate of drug-likeness (QED) is 0.134. The van der Waals surface area contributed by atoms with Gasteiger partial charge in [-0.25, -0.2) is 14.6 Å². The van der Waals surface area contributed by atoms with Gasteiger partial charge in [0.15, 0.2) is 5.65 Å². The number of benzene rings is 2. The van der Waals surface area contributed by atoms with Crippen molar-refractivity contribution in [3.8, 4) is 11.1 Å². The number of ether oxygens (including phenoxy) is 1. The number of fused-ring (bicyclic) bond motifs is 1. The molecule has 0 radical (unpaired) electrons. The molecule has 0 spiro atoms. The molecule has 14 heteroatoms. The summed E-state index contributed by atoms with van der Waals surface area (Å²) in [6.45, 7) is 12.2. The van der Waals surface area contributed by atoms with Crippen molar-refractivity contribution >= 4 is 46.0 Å². The van der Waals surface area contributed by atoms with Crippen LogP contribution in [0.2, 0.25) is 5.02 Å². The number of aromatic nitrogens is 4. The minimum atomic E-state index is -0.396. The van der Waals surface area contributed by atoms with Crippen LogP contribution in [0.5, 0.6) is 0 Å². The van der Waals surface area contributed by atoms with Crippen LogP contribution >= 0.6 is 11.6 Å². The fourth-order valence-corrected chi connectivity index (χ4v) is 7.77. The van der Waals surface area contributed by atoms with Gasteiger partial charge in [0.1, 0.15) is 11.4 Å². The maximum absolute atomic E-state index is 13.6. The zero-order chi connectivity index (χ0) is 39.9. The molecule has 0 bridgehead atoms. The van der Waals surface area contributed by atoms with E-state index in [0.717, 1.165) is 95.8 Å². The lowest BCUT2D eigenvalue weighted by molar-refractivity contribution is -0.130. The molecule has 298 valence electrons. The van der Waals surface area contributed by atoms with Crippen LogP contribution in [0.3, 0.4) is 0 Å². The summed E-state index contributed by atoms with van der Waals surface area (Å²) in [5, 5.41) is 15.8. The van der Waals surface area contributed by atoms with Crippen LogP contribution in [-0.2, 0) is 42.1 Å². The van der Waals surface area contributed by atoms with E-state index < -0.39 is 11.8 Å². The molecular formula is C43H50ClN9O4. The monoisotopic (exact) mass is 791 g/mol. The number of piperazine rings is 1. The molecule has 57 heavy (non-hydrogen) atoms. The number of pyridine rings is 2. The summed E-state index contributed by atoms with van der Waals surface area (Å²) in [6.07, 6.45) is 4.28. The Balaban J connectivity index is 1.00. The Hall–Kier alpha value is -5.37. The first-order chi connectivity index (χ1) is 27.7. The van der Waals surface area contributed by atoms with Gasteiger partial charge >= 0.3 is 0 Å². The topological polar surface area (TPSA) is 147 Å².